The van der Waals surface area contributed by atoms with Crippen molar-refractivity contribution in [3.63, 3.8) is 0 Å². The van der Waals surface area contributed by atoms with Crippen LogP contribution in [0.2, 0.25) is 5.15 Å². The van der Waals surface area contributed by atoms with Gasteiger partial charge in [-0.25, -0.2) is 13.4 Å². The third-order valence-corrected chi connectivity index (χ3v) is 6.04. The van der Waals surface area contributed by atoms with E-state index in [2.05, 4.69) is 4.98 Å². The molecular formula is C11H18ClN3O3S. The summed E-state index contributed by atoms with van der Waals surface area (Å²) in [5, 5.41) is 9.22. The molecule has 1 saturated heterocycles. The number of rotatable bonds is 3. The molecule has 0 spiro atoms. The van der Waals surface area contributed by atoms with Crippen LogP contribution in [-0.4, -0.2) is 46.6 Å². The van der Waals surface area contributed by atoms with Crippen LogP contribution in [0, 0.1) is 5.92 Å². The molecule has 6 nitrogen and oxygen atoms in total. The summed E-state index contributed by atoms with van der Waals surface area (Å²) in [4.78, 5) is 3.89. The molecule has 0 bridgehead atoms. The summed E-state index contributed by atoms with van der Waals surface area (Å²) in [6, 6.07) is -0.106. The summed E-state index contributed by atoms with van der Waals surface area (Å²) in [6.45, 7) is 2.17. The van der Waals surface area contributed by atoms with Crippen LogP contribution >= 0.6 is 11.6 Å². The van der Waals surface area contributed by atoms with Gasteiger partial charge in [0.1, 0.15) is 5.15 Å². The molecule has 0 aromatic carbocycles. The number of hydrogen-bond acceptors (Lipinski definition) is 4. The van der Waals surface area contributed by atoms with E-state index in [0.29, 0.717) is 6.54 Å². The molecule has 1 fully saturated rings. The Balaban J connectivity index is 2.35. The first-order valence-electron chi connectivity index (χ1n) is 6.17. The molecule has 1 N–H and O–H groups in total. The Morgan fingerprint density at radius 1 is 1.53 bits per heavy atom. The monoisotopic (exact) mass is 307 g/mol. The highest BCUT2D eigenvalue weighted by Crippen LogP contribution is 2.30. The Kier molecular flexibility index (Phi) is 4.20. The molecule has 19 heavy (non-hydrogen) atoms. The van der Waals surface area contributed by atoms with Gasteiger partial charge >= 0.3 is 0 Å². The molecule has 2 unspecified atom stereocenters. The van der Waals surface area contributed by atoms with Crippen LogP contribution in [0.25, 0.3) is 0 Å². The molecule has 2 atom stereocenters. The first-order chi connectivity index (χ1) is 8.87. The molecule has 1 aromatic rings. The third-order valence-electron chi connectivity index (χ3n) is 3.57. The van der Waals surface area contributed by atoms with E-state index in [1.54, 1.807) is 7.05 Å². The van der Waals surface area contributed by atoms with Crippen LogP contribution in [0.4, 0.5) is 0 Å². The predicted octanol–water partition coefficient (Wildman–Crippen LogP) is 0.855. The zero-order chi connectivity index (χ0) is 14.2. The highest BCUT2D eigenvalue weighted by molar-refractivity contribution is 7.89. The maximum absolute atomic E-state index is 12.6. The summed E-state index contributed by atoms with van der Waals surface area (Å²) in [5.41, 5.74) is 0. The predicted molar refractivity (Wildman–Crippen MR) is 71.4 cm³/mol. The Labute approximate surface area is 118 Å². The second-order valence-corrected chi connectivity index (χ2v) is 7.16. The van der Waals surface area contributed by atoms with E-state index in [0.717, 1.165) is 12.8 Å². The smallest absolute Gasteiger partial charge is 0.263 e. The number of piperidine rings is 1. The van der Waals surface area contributed by atoms with Gasteiger partial charge in [0.15, 0.2) is 0 Å². The molecule has 1 aromatic heterocycles. The van der Waals surface area contributed by atoms with Crippen LogP contribution in [0.15, 0.2) is 11.4 Å². The van der Waals surface area contributed by atoms with Gasteiger partial charge in [-0.2, -0.15) is 4.31 Å². The molecular weight excluding hydrogens is 290 g/mol. The summed E-state index contributed by atoms with van der Waals surface area (Å²) in [7, 11) is -2.06. The van der Waals surface area contributed by atoms with Gasteiger partial charge in [0, 0.05) is 26.2 Å². The number of aliphatic hydroxyl groups excluding tert-OH is 1. The number of aromatic nitrogens is 2. The average molecular weight is 308 g/mol. The SMILES string of the molecule is CC1CCC(CO)CN1S(=O)(=O)c1ncn(C)c1Cl. The van der Waals surface area contributed by atoms with Gasteiger partial charge in [-0.3, -0.25) is 0 Å². The molecule has 0 radical (unpaired) electrons. The van der Waals surface area contributed by atoms with Crippen molar-refractivity contribution in [1.29, 1.82) is 0 Å². The zero-order valence-electron chi connectivity index (χ0n) is 11.0. The standard InChI is InChI=1S/C11H18ClN3O3S/c1-8-3-4-9(6-16)5-15(8)19(17,18)11-10(12)14(2)7-13-11/h7-9,16H,3-6H2,1-2H3. The molecule has 1 aliphatic rings. The Hall–Kier alpha value is -0.630. The van der Waals surface area contributed by atoms with Crippen LogP contribution in [0.3, 0.4) is 0 Å². The van der Waals surface area contributed by atoms with Gasteiger partial charge in [0.2, 0.25) is 5.03 Å². The van der Waals surface area contributed by atoms with Gasteiger partial charge < -0.3 is 9.67 Å². The number of aryl methyl sites for hydroxylation is 1. The van der Waals surface area contributed by atoms with E-state index in [9.17, 15) is 13.5 Å². The first-order valence-corrected chi connectivity index (χ1v) is 7.99. The minimum Gasteiger partial charge on any atom is -0.396 e. The van der Waals surface area contributed by atoms with Gasteiger partial charge in [0.25, 0.3) is 10.0 Å². The lowest BCUT2D eigenvalue weighted by Gasteiger charge is -2.35. The highest BCUT2D eigenvalue weighted by atomic mass is 35.5. The molecule has 0 aliphatic carbocycles. The maximum Gasteiger partial charge on any atom is 0.263 e. The second-order valence-electron chi connectivity index (χ2n) is 5.00. The van der Waals surface area contributed by atoms with Gasteiger partial charge in [-0.05, 0) is 25.7 Å². The zero-order valence-corrected chi connectivity index (χ0v) is 12.5. The number of imidazole rings is 1. The summed E-state index contributed by atoms with van der Waals surface area (Å²) in [5.74, 6) is -0.0199. The molecule has 1 aliphatic heterocycles. The highest BCUT2D eigenvalue weighted by Gasteiger charge is 2.37. The van der Waals surface area contributed by atoms with E-state index in [4.69, 9.17) is 11.6 Å². The second kappa shape index (κ2) is 5.40. The van der Waals surface area contributed by atoms with Gasteiger partial charge in [-0.15, -0.1) is 0 Å². The normalized spacial score (nSPS) is 25.7. The number of nitrogens with zero attached hydrogens (tertiary/aromatic N) is 3. The minimum absolute atomic E-state index is 0.00527. The lowest BCUT2D eigenvalue weighted by molar-refractivity contribution is 0.139. The molecule has 0 saturated carbocycles. The lowest BCUT2D eigenvalue weighted by atomic mass is 9.96. The van der Waals surface area contributed by atoms with Crippen molar-refractivity contribution >= 4 is 21.6 Å². The Bertz CT molecular complexity index is 558. The van der Waals surface area contributed by atoms with Crippen molar-refractivity contribution in [2.24, 2.45) is 13.0 Å². The average Bonchev–Trinajstić information content (AvgIpc) is 2.71. The first kappa shape index (κ1) is 14.8. The third kappa shape index (κ3) is 2.65. The number of sulfonamides is 1. The van der Waals surface area contributed by atoms with Crippen LogP contribution < -0.4 is 0 Å². The number of aliphatic hydroxyl groups is 1. The Morgan fingerprint density at radius 2 is 2.21 bits per heavy atom. The van der Waals surface area contributed by atoms with Crippen molar-refractivity contribution in [3.05, 3.63) is 11.5 Å². The van der Waals surface area contributed by atoms with Crippen LogP contribution in [-0.2, 0) is 17.1 Å². The van der Waals surface area contributed by atoms with Crippen LogP contribution in [0.1, 0.15) is 19.8 Å². The van der Waals surface area contributed by atoms with Crippen molar-refractivity contribution < 1.29 is 13.5 Å². The van der Waals surface area contributed by atoms with Crippen molar-refractivity contribution in [2.45, 2.75) is 30.8 Å². The van der Waals surface area contributed by atoms with Gasteiger partial charge in [-0.1, -0.05) is 11.6 Å². The van der Waals surface area contributed by atoms with E-state index in [-0.39, 0.29) is 28.7 Å². The largest absolute Gasteiger partial charge is 0.396 e. The quantitative estimate of drug-likeness (QED) is 0.898. The topological polar surface area (TPSA) is 75.4 Å². The summed E-state index contributed by atoms with van der Waals surface area (Å²) in [6.07, 6.45) is 2.95. The number of halogens is 1. The van der Waals surface area contributed by atoms with Crippen molar-refractivity contribution in [3.8, 4) is 0 Å². The van der Waals surface area contributed by atoms with Gasteiger partial charge in [0.05, 0.1) is 6.33 Å². The minimum atomic E-state index is -3.71. The fourth-order valence-corrected chi connectivity index (χ4v) is 4.44. The summed E-state index contributed by atoms with van der Waals surface area (Å²) >= 11 is 5.98. The van der Waals surface area contributed by atoms with E-state index in [1.165, 1.54) is 15.2 Å². The maximum atomic E-state index is 12.6. The van der Waals surface area contributed by atoms with Crippen molar-refractivity contribution in [1.82, 2.24) is 13.9 Å². The molecule has 0 amide bonds. The van der Waals surface area contributed by atoms with E-state index >= 15 is 0 Å². The fraction of sp³-hybridized carbons (Fsp3) is 0.727. The van der Waals surface area contributed by atoms with E-state index in [1.807, 2.05) is 6.92 Å². The summed E-state index contributed by atoms with van der Waals surface area (Å²) < 4.78 is 28.0. The molecule has 108 valence electrons. The Morgan fingerprint density at radius 3 is 2.74 bits per heavy atom. The van der Waals surface area contributed by atoms with Crippen molar-refractivity contribution in [2.75, 3.05) is 13.2 Å². The molecule has 2 rings (SSSR count). The van der Waals surface area contributed by atoms with E-state index < -0.39 is 10.0 Å². The molecule has 2 heterocycles. The lowest BCUT2D eigenvalue weighted by Crippen LogP contribution is -2.46. The number of hydrogen-bond donors (Lipinski definition) is 1. The molecule has 8 heteroatoms. The fourth-order valence-electron chi connectivity index (χ4n) is 2.31. The van der Waals surface area contributed by atoms with Crippen LogP contribution in [0.5, 0.6) is 0 Å².